The zero-order chi connectivity index (χ0) is 17.8. The van der Waals surface area contributed by atoms with Crippen molar-refractivity contribution in [1.29, 1.82) is 0 Å². The summed E-state index contributed by atoms with van der Waals surface area (Å²) in [4.78, 5) is 16.4. The topological polar surface area (TPSA) is 23.6 Å². The Morgan fingerprint density at radius 3 is 2.32 bits per heavy atom. The van der Waals surface area contributed by atoms with Crippen LogP contribution >= 0.6 is 34.8 Å². The molecule has 0 spiro atoms. The summed E-state index contributed by atoms with van der Waals surface area (Å²) in [7, 11) is 0. The van der Waals surface area contributed by atoms with Gasteiger partial charge in [0.15, 0.2) is 0 Å². The molecule has 0 N–H and O–H groups in total. The van der Waals surface area contributed by atoms with Gasteiger partial charge >= 0.3 is 0 Å². The third-order valence-corrected chi connectivity index (χ3v) is 4.93. The predicted molar refractivity (Wildman–Crippen MR) is 106 cm³/mol. The van der Waals surface area contributed by atoms with Crippen LogP contribution in [-0.4, -0.2) is 37.0 Å². The molecular formula is C19H17Cl3N2O. The first kappa shape index (κ1) is 18.1. The number of rotatable bonds is 3. The van der Waals surface area contributed by atoms with E-state index in [9.17, 15) is 4.79 Å². The summed E-state index contributed by atoms with van der Waals surface area (Å²) in [6, 6.07) is 13.0. The van der Waals surface area contributed by atoms with Crippen molar-refractivity contribution in [3.63, 3.8) is 0 Å². The Balaban J connectivity index is 1.59. The number of halogens is 3. The van der Waals surface area contributed by atoms with Gasteiger partial charge in [0.05, 0.1) is 0 Å². The van der Waals surface area contributed by atoms with Crippen molar-refractivity contribution in [2.75, 3.05) is 31.1 Å². The molecule has 2 aromatic carbocycles. The molecular weight excluding hydrogens is 379 g/mol. The smallest absolute Gasteiger partial charge is 0.246 e. The SMILES string of the molecule is O=C(/C=C/c1ccc(Cl)cc1Cl)N1CCN(c2cccc(Cl)c2)CC1. The van der Waals surface area contributed by atoms with Crippen molar-refractivity contribution in [2.45, 2.75) is 0 Å². The molecule has 6 heteroatoms. The lowest BCUT2D eigenvalue weighted by Gasteiger charge is -2.35. The number of anilines is 1. The molecule has 0 unspecified atom stereocenters. The summed E-state index contributed by atoms with van der Waals surface area (Å²) in [6.07, 6.45) is 3.29. The number of carbonyl (C=O) groups is 1. The highest BCUT2D eigenvalue weighted by Gasteiger charge is 2.19. The summed E-state index contributed by atoms with van der Waals surface area (Å²) in [5, 5.41) is 1.83. The van der Waals surface area contributed by atoms with E-state index < -0.39 is 0 Å². The van der Waals surface area contributed by atoms with Crippen LogP contribution in [0.1, 0.15) is 5.56 Å². The Kier molecular flexibility index (Phi) is 5.89. The lowest BCUT2D eigenvalue weighted by molar-refractivity contribution is -0.126. The minimum absolute atomic E-state index is 0.0169. The monoisotopic (exact) mass is 394 g/mol. The standard InChI is InChI=1S/C19H17Cl3N2O/c20-15-2-1-3-17(12-15)23-8-10-24(11-9-23)19(25)7-5-14-4-6-16(21)13-18(14)22/h1-7,12-13H,8-11H2/b7-5+. The Morgan fingerprint density at radius 1 is 0.920 bits per heavy atom. The molecule has 0 atom stereocenters. The van der Waals surface area contributed by atoms with E-state index in [1.807, 2.05) is 29.2 Å². The molecule has 130 valence electrons. The molecule has 1 aliphatic heterocycles. The number of carbonyl (C=O) groups excluding carboxylic acids is 1. The van der Waals surface area contributed by atoms with Gasteiger partial charge in [-0.1, -0.05) is 46.9 Å². The molecule has 0 saturated carbocycles. The largest absolute Gasteiger partial charge is 0.368 e. The summed E-state index contributed by atoms with van der Waals surface area (Å²) in [5.41, 5.74) is 1.86. The average molecular weight is 396 g/mol. The van der Waals surface area contributed by atoms with Crippen LogP contribution in [0.4, 0.5) is 5.69 Å². The van der Waals surface area contributed by atoms with Gasteiger partial charge in [-0.05, 0) is 42.0 Å². The maximum Gasteiger partial charge on any atom is 0.246 e. The number of hydrogen-bond acceptors (Lipinski definition) is 2. The van der Waals surface area contributed by atoms with Crippen molar-refractivity contribution < 1.29 is 4.79 Å². The average Bonchev–Trinajstić information content (AvgIpc) is 2.61. The van der Waals surface area contributed by atoms with Crippen molar-refractivity contribution in [3.05, 3.63) is 69.2 Å². The summed E-state index contributed by atoms with van der Waals surface area (Å²) in [6.45, 7) is 2.90. The maximum atomic E-state index is 12.4. The lowest BCUT2D eigenvalue weighted by Crippen LogP contribution is -2.48. The highest BCUT2D eigenvalue weighted by Crippen LogP contribution is 2.23. The summed E-state index contributed by atoms with van der Waals surface area (Å²) >= 11 is 18.0. The van der Waals surface area contributed by atoms with E-state index in [0.717, 1.165) is 29.4 Å². The van der Waals surface area contributed by atoms with E-state index in [1.54, 1.807) is 30.4 Å². The minimum atomic E-state index is -0.0169. The molecule has 3 rings (SSSR count). The second kappa shape index (κ2) is 8.13. The van der Waals surface area contributed by atoms with Crippen molar-refractivity contribution in [2.24, 2.45) is 0 Å². The molecule has 1 fully saturated rings. The third-order valence-electron chi connectivity index (χ3n) is 4.13. The van der Waals surface area contributed by atoms with Gasteiger partial charge < -0.3 is 9.80 Å². The van der Waals surface area contributed by atoms with Crippen LogP contribution in [-0.2, 0) is 4.79 Å². The van der Waals surface area contributed by atoms with Gasteiger partial charge in [-0.15, -0.1) is 0 Å². The Bertz CT molecular complexity index is 799. The quantitative estimate of drug-likeness (QED) is 0.682. The molecule has 0 radical (unpaired) electrons. The number of amides is 1. The molecule has 3 nitrogen and oxygen atoms in total. The van der Waals surface area contributed by atoms with Gasteiger partial charge in [-0.3, -0.25) is 4.79 Å². The lowest BCUT2D eigenvalue weighted by atomic mass is 10.2. The van der Waals surface area contributed by atoms with Crippen LogP contribution in [0.2, 0.25) is 15.1 Å². The van der Waals surface area contributed by atoms with Crippen LogP contribution in [0.3, 0.4) is 0 Å². The van der Waals surface area contributed by atoms with Crippen LogP contribution < -0.4 is 4.90 Å². The number of piperazine rings is 1. The van der Waals surface area contributed by atoms with Crippen molar-refractivity contribution in [1.82, 2.24) is 4.90 Å². The van der Waals surface area contributed by atoms with E-state index in [1.165, 1.54) is 0 Å². The highest BCUT2D eigenvalue weighted by atomic mass is 35.5. The van der Waals surface area contributed by atoms with E-state index in [0.29, 0.717) is 23.1 Å². The van der Waals surface area contributed by atoms with Gasteiger partial charge in [0.2, 0.25) is 5.91 Å². The Morgan fingerprint density at radius 2 is 1.64 bits per heavy atom. The van der Waals surface area contributed by atoms with Gasteiger partial charge in [0.25, 0.3) is 0 Å². The zero-order valence-corrected chi connectivity index (χ0v) is 15.7. The van der Waals surface area contributed by atoms with Crippen molar-refractivity contribution >= 4 is 52.5 Å². The summed E-state index contributed by atoms with van der Waals surface area (Å²) < 4.78 is 0. The van der Waals surface area contributed by atoms with E-state index >= 15 is 0 Å². The third kappa shape index (κ3) is 4.69. The summed E-state index contributed by atoms with van der Waals surface area (Å²) in [5.74, 6) is -0.0169. The first-order chi connectivity index (χ1) is 12.0. The molecule has 0 aromatic heterocycles. The normalized spacial score (nSPS) is 15.0. The first-order valence-electron chi connectivity index (χ1n) is 7.95. The highest BCUT2D eigenvalue weighted by molar-refractivity contribution is 6.35. The van der Waals surface area contributed by atoms with Gasteiger partial charge in [0, 0.05) is 53.0 Å². The molecule has 25 heavy (non-hydrogen) atoms. The number of nitrogens with zero attached hydrogens (tertiary/aromatic N) is 2. The van der Waals surface area contributed by atoms with Gasteiger partial charge in [0.1, 0.15) is 0 Å². The van der Waals surface area contributed by atoms with Gasteiger partial charge in [-0.25, -0.2) is 0 Å². The van der Waals surface area contributed by atoms with Crippen LogP contribution in [0.15, 0.2) is 48.5 Å². The van der Waals surface area contributed by atoms with E-state index in [2.05, 4.69) is 4.90 Å². The minimum Gasteiger partial charge on any atom is -0.368 e. The number of hydrogen-bond donors (Lipinski definition) is 0. The molecule has 0 aliphatic carbocycles. The molecule has 1 amide bonds. The van der Waals surface area contributed by atoms with Crippen LogP contribution in [0.5, 0.6) is 0 Å². The molecule has 2 aromatic rings. The second-order valence-electron chi connectivity index (χ2n) is 5.79. The predicted octanol–water partition coefficient (Wildman–Crippen LogP) is 5.01. The fraction of sp³-hybridized carbons (Fsp3) is 0.211. The van der Waals surface area contributed by atoms with Gasteiger partial charge in [-0.2, -0.15) is 0 Å². The molecule has 1 heterocycles. The van der Waals surface area contributed by atoms with Crippen LogP contribution in [0, 0.1) is 0 Å². The Labute approximate surface area is 162 Å². The first-order valence-corrected chi connectivity index (χ1v) is 9.09. The fourth-order valence-corrected chi connectivity index (χ4v) is 3.42. The molecule has 0 bridgehead atoms. The van der Waals surface area contributed by atoms with E-state index in [-0.39, 0.29) is 5.91 Å². The molecule has 1 aliphatic rings. The second-order valence-corrected chi connectivity index (χ2v) is 7.07. The zero-order valence-electron chi connectivity index (χ0n) is 13.5. The fourth-order valence-electron chi connectivity index (χ4n) is 2.76. The maximum absolute atomic E-state index is 12.4. The van der Waals surface area contributed by atoms with Crippen molar-refractivity contribution in [3.8, 4) is 0 Å². The molecule has 1 saturated heterocycles. The van der Waals surface area contributed by atoms with Crippen LogP contribution in [0.25, 0.3) is 6.08 Å². The van der Waals surface area contributed by atoms with E-state index in [4.69, 9.17) is 34.8 Å². The Hall–Kier alpha value is -1.68. The number of benzene rings is 2.